The van der Waals surface area contributed by atoms with Crippen molar-refractivity contribution in [2.45, 2.75) is 12.6 Å². The fraction of sp³-hybridized carbons (Fsp3) is 0.600. The Kier molecular flexibility index (Phi) is 2.72. The molecule has 0 unspecified atom stereocenters. The van der Waals surface area contributed by atoms with Gasteiger partial charge in [0, 0.05) is 0 Å². The molecule has 2 fully saturated rings. The predicted octanol–water partition coefficient (Wildman–Crippen LogP) is 1.84. The molecule has 4 nitrogen and oxygen atoms in total. The minimum atomic E-state index is -0.190. The van der Waals surface area contributed by atoms with E-state index in [4.69, 9.17) is 18.9 Å². The van der Waals surface area contributed by atoms with Crippen LogP contribution in [0.5, 0.6) is 0 Å². The van der Waals surface area contributed by atoms with E-state index in [1.54, 1.807) is 11.3 Å². The molecule has 2 aliphatic rings. The molecule has 0 spiro atoms. The molecule has 5 heteroatoms. The van der Waals surface area contributed by atoms with Gasteiger partial charge in [0.15, 0.2) is 12.6 Å². The van der Waals surface area contributed by atoms with Gasteiger partial charge in [-0.1, -0.05) is 0 Å². The fourth-order valence-electron chi connectivity index (χ4n) is 1.67. The Hall–Kier alpha value is -0.460. The van der Waals surface area contributed by atoms with Gasteiger partial charge in [0.25, 0.3) is 0 Å². The first-order chi connectivity index (χ1) is 7.43. The molecule has 0 radical (unpaired) electrons. The highest BCUT2D eigenvalue weighted by atomic mass is 32.1. The van der Waals surface area contributed by atoms with Crippen molar-refractivity contribution in [2.24, 2.45) is 0 Å². The molecule has 82 valence electrons. The van der Waals surface area contributed by atoms with Gasteiger partial charge in [-0.25, -0.2) is 0 Å². The molecule has 0 amide bonds. The van der Waals surface area contributed by atoms with Crippen molar-refractivity contribution in [1.82, 2.24) is 0 Å². The molecule has 2 saturated heterocycles. The van der Waals surface area contributed by atoms with E-state index >= 15 is 0 Å². The number of rotatable bonds is 2. The Morgan fingerprint density at radius 2 is 1.20 bits per heavy atom. The first-order valence-corrected chi connectivity index (χ1v) is 5.81. The third kappa shape index (κ3) is 1.93. The molecule has 0 bridgehead atoms. The second-order valence-corrected chi connectivity index (χ2v) is 4.53. The zero-order chi connectivity index (χ0) is 10.1. The second kappa shape index (κ2) is 4.19. The minimum Gasteiger partial charge on any atom is -0.345 e. The topological polar surface area (TPSA) is 36.9 Å². The predicted molar refractivity (Wildman–Crippen MR) is 53.6 cm³/mol. The summed E-state index contributed by atoms with van der Waals surface area (Å²) in [5, 5.41) is 0. The van der Waals surface area contributed by atoms with Crippen LogP contribution in [0.15, 0.2) is 12.1 Å². The summed E-state index contributed by atoms with van der Waals surface area (Å²) in [7, 11) is 0. The number of thiophene rings is 1. The molecule has 2 aliphatic heterocycles. The van der Waals surface area contributed by atoms with E-state index in [9.17, 15) is 0 Å². The third-order valence-electron chi connectivity index (χ3n) is 2.36. The van der Waals surface area contributed by atoms with Gasteiger partial charge < -0.3 is 18.9 Å². The lowest BCUT2D eigenvalue weighted by atomic mass is 10.4. The molecule has 15 heavy (non-hydrogen) atoms. The van der Waals surface area contributed by atoms with Crippen LogP contribution in [0.2, 0.25) is 0 Å². The second-order valence-electron chi connectivity index (χ2n) is 3.39. The molecule has 0 aromatic carbocycles. The highest BCUT2D eigenvalue weighted by molar-refractivity contribution is 7.12. The molecule has 0 saturated carbocycles. The maximum Gasteiger partial charge on any atom is 0.193 e. The van der Waals surface area contributed by atoms with Crippen molar-refractivity contribution < 1.29 is 18.9 Å². The summed E-state index contributed by atoms with van der Waals surface area (Å²) in [5.74, 6) is 0. The summed E-state index contributed by atoms with van der Waals surface area (Å²) in [6, 6.07) is 4.03. The molecule has 0 aliphatic carbocycles. The van der Waals surface area contributed by atoms with Crippen LogP contribution in [-0.4, -0.2) is 26.4 Å². The summed E-state index contributed by atoms with van der Waals surface area (Å²) in [6.07, 6.45) is -0.379. The molecular weight excluding hydrogens is 216 g/mol. The summed E-state index contributed by atoms with van der Waals surface area (Å²) < 4.78 is 21.7. The number of hydrogen-bond acceptors (Lipinski definition) is 5. The standard InChI is InChI=1S/C10H12O4S/c1-2-8(10-13-5-6-14-10)15-7(1)9-11-3-4-12-9/h1-2,9-10H,3-6H2. The number of ether oxygens (including phenoxy) is 4. The van der Waals surface area contributed by atoms with Crippen LogP contribution in [0.25, 0.3) is 0 Å². The lowest BCUT2D eigenvalue weighted by Crippen LogP contribution is -1.95. The Morgan fingerprint density at radius 3 is 1.60 bits per heavy atom. The molecular formula is C10H12O4S. The van der Waals surface area contributed by atoms with Crippen LogP contribution in [0.3, 0.4) is 0 Å². The van der Waals surface area contributed by atoms with Crippen LogP contribution in [0.4, 0.5) is 0 Å². The average Bonchev–Trinajstić information content (AvgIpc) is 3.02. The zero-order valence-corrected chi connectivity index (χ0v) is 9.00. The van der Waals surface area contributed by atoms with Crippen LogP contribution >= 0.6 is 11.3 Å². The largest absolute Gasteiger partial charge is 0.345 e. The van der Waals surface area contributed by atoms with E-state index in [1.807, 2.05) is 12.1 Å². The van der Waals surface area contributed by atoms with Crippen molar-refractivity contribution >= 4 is 11.3 Å². The van der Waals surface area contributed by atoms with Crippen molar-refractivity contribution in [1.29, 1.82) is 0 Å². The summed E-state index contributed by atoms with van der Waals surface area (Å²) >= 11 is 1.63. The van der Waals surface area contributed by atoms with Crippen molar-refractivity contribution in [3.8, 4) is 0 Å². The summed E-state index contributed by atoms with van der Waals surface area (Å²) in [5.41, 5.74) is 0. The van der Waals surface area contributed by atoms with Crippen molar-refractivity contribution in [2.75, 3.05) is 26.4 Å². The van der Waals surface area contributed by atoms with Gasteiger partial charge in [0.05, 0.1) is 36.2 Å². The van der Waals surface area contributed by atoms with E-state index in [1.165, 1.54) is 0 Å². The van der Waals surface area contributed by atoms with Gasteiger partial charge in [0.1, 0.15) is 0 Å². The van der Waals surface area contributed by atoms with E-state index in [0.717, 1.165) is 9.75 Å². The lowest BCUT2D eigenvalue weighted by Gasteiger charge is -2.06. The maximum atomic E-state index is 5.42. The molecule has 0 N–H and O–H groups in total. The fourth-order valence-corrected chi connectivity index (χ4v) is 2.68. The summed E-state index contributed by atoms with van der Waals surface area (Å²) in [6.45, 7) is 2.70. The Bertz CT molecular complexity index is 295. The molecule has 1 aromatic heterocycles. The lowest BCUT2D eigenvalue weighted by molar-refractivity contribution is -0.0422. The van der Waals surface area contributed by atoms with Crippen LogP contribution < -0.4 is 0 Å². The van der Waals surface area contributed by atoms with Crippen LogP contribution in [-0.2, 0) is 18.9 Å². The number of hydrogen-bond donors (Lipinski definition) is 0. The smallest absolute Gasteiger partial charge is 0.193 e. The van der Waals surface area contributed by atoms with Gasteiger partial charge >= 0.3 is 0 Å². The molecule has 3 heterocycles. The third-order valence-corrected chi connectivity index (χ3v) is 3.48. The average molecular weight is 228 g/mol. The van der Waals surface area contributed by atoms with Gasteiger partial charge in [-0.15, -0.1) is 11.3 Å². The molecule has 3 rings (SSSR count). The molecule has 1 aromatic rings. The van der Waals surface area contributed by atoms with E-state index in [2.05, 4.69) is 0 Å². The van der Waals surface area contributed by atoms with E-state index in [0.29, 0.717) is 26.4 Å². The monoisotopic (exact) mass is 228 g/mol. The minimum absolute atomic E-state index is 0.190. The van der Waals surface area contributed by atoms with Crippen LogP contribution in [0.1, 0.15) is 22.3 Å². The van der Waals surface area contributed by atoms with E-state index in [-0.39, 0.29) is 12.6 Å². The Labute approximate surface area is 91.7 Å². The zero-order valence-electron chi connectivity index (χ0n) is 8.18. The SMILES string of the molecule is c1cc(C2OCCO2)sc1C1OCCO1. The Balaban J connectivity index is 1.74. The van der Waals surface area contributed by atoms with Gasteiger partial charge in [-0.05, 0) is 12.1 Å². The highest BCUT2D eigenvalue weighted by Gasteiger charge is 2.24. The quantitative estimate of drug-likeness (QED) is 0.774. The first kappa shape index (κ1) is 9.74. The van der Waals surface area contributed by atoms with Gasteiger partial charge in [0.2, 0.25) is 0 Å². The van der Waals surface area contributed by atoms with E-state index < -0.39 is 0 Å². The van der Waals surface area contributed by atoms with Gasteiger partial charge in [-0.2, -0.15) is 0 Å². The maximum absolute atomic E-state index is 5.42. The van der Waals surface area contributed by atoms with Gasteiger partial charge in [-0.3, -0.25) is 0 Å². The Morgan fingerprint density at radius 1 is 0.800 bits per heavy atom. The molecule has 0 atom stereocenters. The van der Waals surface area contributed by atoms with Crippen molar-refractivity contribution in [3.63, 3.8) is 0 Å². The van der Waals surface area contributed by atoms with Crippen molar-refractivity contribution in [3.05, 3.63) is 21.9 Å². The first-order valence-electron chi connectivity index (χ1n) is 4.99. The summed E-state index contributed by atoms with van der Waals surface area (Å²) in [4.78, 5) is 2.17. The van der Waals surface area contributed by atoms with Crippen LogP contribution in [0, 0.1) is 0 Å². The normalized spacial score (nSPS) is 24.0. The highest BCUT2D eigenvalue weighted by Crippen LogP contribution is 2.34.